The van der Waals surface area contributed by atoms with Gasteiger partial charge in [0, 0.05) is 25.5 Å². The lowest BCUT2D eigenvalue weighted by molar-refractivity contribution is 0.210. The summed E-state index contributed by atoms with van der Waals surface area (Å²) >= 11 is 0. The van der Waals surface area contributed by atoms with Gasteiger partial charge in [0.1, 0.15) is 5.82 Å². The number of methoxy groups -OCH3 is 1. The van der Waals surface area contributed by atoms with Crippen molar-refractivity contribution in [3.8, 4) is 0 Å². The molecule has 0 radical (unpaired) electrons. The number of rotatable bonds is 8. The molecule has 0 saturated carbocycles. The highest BCUT2D eigenvalue weighted by molar-refractivity contribution is 5.67. The predicted octanol–water partition coefficient (Wildman–Crippen LogP) is 4.53. The van der Waals surface area contributed by atoms with E-state index in [4.69, 9.17) is 4.74 Å². The smallest absolute Gasteiger partial charge is 0.224 e. The third-order valence-corrected chi connectivity index (χ3v) is 3.87. The zero-order chi connectivity index (χ0) is 17.5. The van der Waals surface area contributed by atoms with Crippen LogP contribution in [0.15, 0.2) is 30.5 Å². The van der Waals surface area contributed by atoms with Crippen LogP contribution in [0.3, 0.4) is 0 Å². The topological polar surface area (TPSA) is 59.1 Å². The Hall–Kier alpha value is -2.14. The second-order valence-corrected chi connectivity index (χ2v) is 6.43. The predicted molar refractivity (Wildman–Crippen MR) is 100 cm³/mol. The zero-order valence-corrected chi connectivity index (χ0v) is 15.3. The molecule has 0 unspecified atom stereocenters. The lowest BCUT2D eigenvalue weighted by Gasteiger charge is -2.20. The Labute approximate surface area is 144 Å². The van der Waals surface area contributed by atoms with Gasteiger partial charge >= 0.3 is 0 Å². The van der Waals surface area contributed by atoms with Crippen LogP contribution in [0.5, 0.6) is 0 Å². The minimum absolute atomic E-state index is 0.437. The first-order chi connectivity index (χ1) is 11.5. The lowest BCUT2D eigenvalue weighted by Crippen LogP contribution is -2.11. The summed E-state index contributed by atoms with van der Waals surface area (Å²) < 4.78 is 5.04. The third-order valence-electron chi connectivity index (χ3n) is 3.87. The summed E-state index contributed by atoms with van der Waals surface area (Å²) in [4.78, 5) is 8.80. The van der Waals surface area contributed by atoms with Gasteiger partial charge in [-0.25, -0.2) is 4.98 Å². The Morgan fingerprint density at radius 2 is 1.71 bits per heavy atom. The highest BCUT2D eigenvalue weighted by atomic mass is 16.5. The van der Waals surface area contributed by atoms with Crippen molar-refractivity contribution in [3.63, 3.8) is 0 Å². The fourth-order valence-electron chi connectivity index (χ4n) is 2.60. The number of hydrogen-bond acceptors (Lipinski definition) is 5. The Bertz CT molecular complexity index is 629. The van der Waals surface area contributed by atoms with Gasteiger partial charge in [-0.3, -0.25) is 0 Å². The summed E-state index contributed by atoms with van der Waals surface area (Å²) in [5, 5.41) is 6.67. The summed E-state index contributed by atoms with van der Waals surface area (Å²) in [7, 11) is 1.68. The molecule has 2 rings (SSSR count). The van der Waals surface area contributed by atoms with E-state index in [1.54, 1.807) is 13.3 Å². The third kappa shape index (κ3) is 4.68. The van der Waals surface area contributed by atoms with E-state index in [1.165, 1.54) is 11.1 Å². The van der Waals surface area contributed by atoms with E-state index in [-0.39, 0.29) is 0 Å². The van der Waals surface area contributed by atoms with Crippen LogP contribution in [0.2, 0.25) is 0 Å². The molecule has 130 valence electrons. The van der Waals surface area contributed by atoms with Crippen LogP contribution in [0, 0.1) is 0 Å². The van der Waals surface area contributed by atoms with Crippen molar-refractivity contribution in [2.75, 3.05) is 30.9 Å². The summed E-state index contributed by atoms with van der Waals surface area (Å²) in [5.41, 5.74) is 3.76. The number of para-hydroxylation sites is 1. The lowest BCUT2D eigenvalue weighted by atomic mass is 9.92. The zero-order valence-electron chi connectivity index (χ0n) is 15.3. The molecule has 0 spiro atoms. The quantitative estimate of drug-likeness (QED) is 0.697. The molecule has 0 atom stereocenters. The molecule has 0 fully saturated rings. The van der Waals surface area contributed by atoms with Crippen LogP contribution in [0.4, 0.5) is 17.5 Å². The second-order valence-electron chi connectivity index (χ2n) is 6.43. The Balaban J connectivity index is 2.28. The molecular weight excluding hydrogens is 300 g/mol. The van der Waals surface area contributed by atoms with Crippen molar-refractivity contribution in [3.05, 3.63) is 41.6 Å². The second kappa shape index (κ2) is 8.64. The number of hydrogen-bond donors (Lipinski definition) is 2. The van der Waals surface area contributed by atoms with E-state index in [0.29, 0.717) is 30.9 Å². The Kier molecular flexibility index (Phi) is 6.55. The molecule has 0 aliphatic heterocycles. The number of nitrogens with zero attached hydrogens (tertiary/aromatic N) is 2. The van der Waals surface area contributed by atoms with Gasteiger partial charge in [0.05, 0.1) is 6.61 Å². The molecule has 5 nitrogen and oxygen atoms in total. The number of anilines is 3. The average Bonchev–Trinajstić information content (AvgIpc) is 2.55. The van der Waals surface area contributed by atoms with Gasteiger partial charge in [-0.05, 0) is 29.0 Å². The Morgan fingerprint density at radius 3 is 2.29 bits per heavy atom. The fraction of sp³-hybridized carbons (Fsp3) is 0.474. The molecule has 2 aromatic rings. The number of ether oxygens (including phenoxy) is 1. The fourth-order valence-corrected chi connectivity index (χ4v) is 2.60. The molecule has 0 saturated heterocycles. The monoisotopic (exact) mass is 328 g/mol. The van der Waals surface area contributed by atoms with E-state index in [9.17, 15) is 0 Å². The summed E-state index contributed by atoms with van der Waals surface area (Å²) in [5.74, 6) is 2.27. The van der Waals surface area contributed by atoms with Gasteiger partial charge in [0.15, 0.2) is 0 Å². The highest BCUT2D eigenvalue weighted by Gasteiger charge is 2.14. The summed E-state index contributed by atoms with van der Waals surface area (Å²) in [6.07, 6.45) is 1.76. The number of benzene rings is 1. The van der Waals surface area contributed by atoms with Crippen molar-refractivity contribution in [2.45, 2.75) is 39.5 Å². The van der Waals surface area contributed by atoms with Crippen LogP contribution < -0.4 is 10.6 Å². The number of aromatic nitrogens is 2. The van der Waals surface area contributed by atoms with Crippen LogP contribution in [-0.2, 0) is 4.74 Å². The Morgan fingerprint density at radius 1 is 1.04 bits per heavy atom. The highest BCUT2D eigenvalue weighted by Crippen LogP contribution is 2.34. The molecule has 0 aliphatic rings. The molecule has 1 aromatic heterocycles. The van der Waals surface area contributed by atoms with Gasteiger partial charge in [-0.15, -0.1) is 0 Å². The van der Waals surface area contributed by atoms with Crippen molar-refractivity contribution in [2.24, 2.45) is 0 Å². The molecule has 1 aromatic carbocycles. The maximum atomic E-state index is 5.04. The first-order valence-electron chi connectivity index (χ1n) is 8.48. The molecule has 1 heterocycles. The van der Waals surface area contributed by atoms with Crippen molar-refractivity contribution in [1.82, 2.24) is 9.97 Å². The molecule has 5 heteroatoms. The van der Waals surface area contributed by atoms with Gasteiger partial charge in [0.2, 0.25) is 5.95 Å². The van der Waals surface area contributed by atoms with E-state index < -0.39 is 0 Å². The SMILES string of the molecule is COCCNc1nccc(Nc2c(C(C)C)cccc2C(C)C)n1. The van der Waals surface area contributed by atoms with Crippen molar-refractivity contribution in [1.29, 1.82) is 0 Å². The summed E-state index contributed by atoms with van der Waals surface area (Å²) in [6, 6.07) is 8.38. The molecule has 0 amide bonds. The van der Waals surface area contributed by atoms with E-state index in [0.717, 1.165) is 11.5 Å². The normalized spacial score (nSPS) is 11.1. The molecule has 2 N–H and O–H groups in total. The van der Waals surface area contributed by atoms with Crippen LogP contribution >= 0.6 is 0 Å². The van der Waals surface area contributed by atoms with Gasteiger partial charge < -0.3 is 15.4 Å². The van der Waals surface area contributed by atoms with Crippen molar-refractivity contribution >= 4 is 17.5 Å². The molecular formula is C19H28N4O. The first kappa shape index (κ1) is 18.2. The van der Waals surface area contributed by atoms with Crippen LogP contribution in [0.1, 0.15) is 50.7 Å². The minimum Gasteiger partial charge on any atom is -0.383 e. The molecule has 0 aliphatic carbocycles. The molecule has 24 heavy (non-hydrogen) atoms. The standard InChI is InChI=1S/C19H28N4O/c1-13(2)15-7-6-8-16(14(3)4)18(15)22-17-9-10-20-19(23-17)21-11-12-24-5/h6-10,13-14H,11-12H2,1-5H3,(H2,20,21,22,23). The largest absolute Gasteiger partial charge is 0.383 e. The molecule has 0 bridgehead atoms. The first-order valence-corrected chi connectivity index (χ1v) is 8.48. The van der Waals surface area contributed by atoms with Gasteiger partial charge in [-0.1, -0.05) is 45.9 Å². The van der Waals surface area contributed by atoms with Gasteiger partial charge in [-0.2, -0.15) is 4.98 Å². The van der Waals surface area contributed by atoms with E-state index in [2.05, 4.69) is 66.5 Å². The summed E-state index contributed by atoms with van der Waals surface area (Å²) in [6.45, 7) is 10.1. The van der Waals surface area contributed by atoms with Crippen LogP contribution in [0.25, 0.3) is 0 Å². The maximum absolute atomic E-state index is 5.04. The van der Waals surface area contributed by atoms with E-state index >= 15 is 0 Å². The maximum Gasteiger partial charge on any atom is 0.224 e. The van der Waals surface area contributed by atoms with Crippen LogP contribution in [-0.4, -0.2) is 30.2 Å². The number of nitrogens with one attached hydrogen (secondary N) is 2. The van der Waals surface area contributed by atoms with Crippen molar-refractivity contribution < 1.29 is 4.74 Å². The minimum atomic E-state index is 0.437. The average molecular weight is 328 g/mol. The van der Waals surface area contributed by atoms with Gasteiger partial charge in [0.25, 0.3) is 0 Å². The van der Waals surface area contributed by atoms with E-state index in [1.807, 2.05) is 6.07 Å².